The van der Waals surface area contributed by atoms with Crippen molar-refractivity contribution in [3.05, 3.63) is 23.3 Å². The normalized spacial score (nSPS) is 23.4. The maximum absolute atomic E-state index is 13.1. The summed E-state index contributed by atoms with van der Waals surface area (Å²) >= 11 is 0. The molecule has 1 unspecified atom stereocenters. The van der Waals surface area contributed by atoms with Gasteiger partial charge in [0, 0.05) is 45.7 Å². The van der Waals surface area contributed by atoms with Gasteiger partial charge in [-0.05, 0) is 102 Å². The lowest BCUT2D eigenvalue weighted by Gasteiger charge is -2.31. The number of amides is 1. The van der Waals surface area contributed by atoms with Crippen molar-refractivity contribution in [1.82, 2.24) is 19.4 Å². The Kier molecular flexibility index (Phi) is 10.2. The first-order valence-corrected chi connectivity index (χ1v) is 14.7. The summed E-state index contributed by atoms with van der Waals surface area (Å²) in [6, 6.07) is 4.14. The number of carbonyl (C=O) groups excluding carboxylic acids is 1. The number of hydrogen-bond acceptors (Lipinski definition) is 6. The lowest BCUT2D eigenvalue weighted by molar-refractivity contribution is -0.121. The van der Waals surface area contributed by atoms with Crippen LogP contribution in [0.3, 0.4) is 0 Å². The highest BCUT2D eigenvalue weighted by Gasteiger charge is 2.29. The summed E-state index contributed by atoms with van der Waals surface area (Å²) in [6.45, 7) is 7.97. The van der Waals surface area contributed by atoms with Gasteiger partial charge < -0.3 is 19.9 Å². The molecule has 1 saturated heterocycles. The number of hydrogen-bond donors (Lipinski definition) is 1. The monoisotopic (exact) mass is 522 g/mol. The predicted molar refractivity (Wildman–Crippen MR) is 144 cm³/mol. The zero-order valence-electron chi connectivity index (χ0n) is 23.0. The van der Waals surface area contributed by atoms with E-state index in [1.165, 1.54) is 50.2 Å². The fourth-order valence-electron chi connectivity index (χ4n) is 5.70. The number of aryl methyl sites for hydroxylation is 2. The highest BCUT2D eigenvalue weighted by Crippen LogP contribution is 2.30. The van der Waals surface area contributed by atoms with Gasteiger partial charge in [-0.1, -0.05) is 0 Å². The van der Waals surface area contributed by atoms with Gasteiger partial charge in [0.25, 0.3) is 0 Å². The van der Waals surface area contributed by atoms with Crippen molar-refractivity contribution in [2.75, 3.05) is 61.0 Å². The van der Waals surface area contributed by atoms with Crippen molar-refractivity contribution >= 4 is 15.9 Å². The first-order valence-electron chi connectivity index (χ1n) is 13.3. The van der Waals surface area contributed by atoms with Crippen molar-refractivity contribution in [2.45, 2.75) is 63.3 Å². The van der Waals surface area contributed by atoms with Crippen LogP contribution in [0.15, 0.2) is 17.0 Å². The Morgan fingerprint density at radius 2 is 1.67 bits per heavy atom. The largest absolute Gasteiger partial charge is 0.497 e. The number of methoxy groups -OCH3 is 1. The molecular formula is C27H46N4O4S. The van der Waals surface area contributed by atoms with E-state index in [-0.39, 0.29) is 23.8 Å². The average Bonchev–Trinajstić information content (AvgIpc) is 3.30. The molecule has 0 aromatic heterocycles. The number of benzene rings is 1. The third kappa shape index (κ3) is 7.43. The Labute approximate surface area is 218 Å². The van der Waals surface area contributed by atoms with Gasteiger partial charge in [0.05, 0.1) is 12.0 Å². The topological polar surface area (TPSA) is 82.2 Å². The molecule has 1 saturated carbocycles. The van der Waals surface area contributed by atoms with Crippen molar-refractivity contribution in [2.24, 2.45) is 11.8 Å². The zero-order chi connectivity index (χ0) is 26.5. The summed E-state index contributed by atoms with van der Waals surface area (Å²) in [5, 5.41) is 3.05. The van der Waals surface area contributed by atoms with Crippen LogP contribution in [0.1, 0.15) is 49.7 Å². The minimum absolute atomic E-state index is 0.0888. The van der Waals surface area contributed by atoms with Crippen molar-refractivity contribution < 1.29 is 17.9 Å². The molecule has 1 aliphatic carbocycles. The molecule has 1 aromatic rings. The number of ether oxygens (including phenoxy) is 1. The third-order valence-corrected chi connectivity index (χ3v) is 10.2. The Balaban J connectivity index is 1.38. The van der Waals surface area contributed by atoms with Crippen LogP contribution < -0.4 is 10.1 Å². The molecule has 0 radical (unpaired) electrons. The van der Waals surface area contributed by atoms with Crippen LogP contribution in [0, 0.1) is 25.7 Å². The molecule has 3 rings (SSSR count). The minimum Gasteiger partial charge on any atom is -0.497 e. The molecule has 2 fully saturated rings. The lowest BCUT2D eigenvalue weighted by Crippen LogP contribution is -2.37. The highest BCUT2D eigenvalue weighted by molar-refractivity contribution is 7.89. The van der Waals surface area contributed by atoms with Crippen LogP contribution in [-0.4, -0.2) is 95.4 Å². The van der Waals surface area contributed by atoms with E-state index in [9.17, 15) is 13.2 Å². The van der Waals surface area contributed by atoms with Crippen molar-refractivity contribution in [3.8, 4) is 5.75 Å². The quantitative estimate of drug-likeness (QED) is 0.481. The fraction of sp³-hybridized carbons (Fsp3) is 0.741. The molecule has 36 heavy (non-hydrogen) atoms. The molecule has 9 heteroatoms. The Bertz CT molecular complexity index is 966. The van der Waals surface area contributed by atoms with Gasteiger partial charge in [0.15, 0.2) is 0 Å². The van der Waals surface area contributed by atoms with Crippen LogP contribution in [0.4, 0.5) is 0 Å². The van der Waals surface area contributed by atoms with Gasteiger partial charge >= 0.3 is 0 Å². The molecule has 1 heterocycles. The summed E-state index contributed by atoms with van der Waals surface area (Å²) < 4.78 is 32.8. The molecule has 204 valence electrons. The highest BCUT2D eigenvalue weighted by atomic mass is 32.2. The molecule has 0 bridgehead atoms. The van der Waals surface area contributed by atoms with Crippen LogP contribution in [0.5, 0.6) is 5.75 Å². The SMILES string of the molecule is COc1cc(C)c(S(=O)(=O)N(C)CCC(=O)NC[C@H]2CC[C@@H](CN3CCC(N(C)C)C3)CC2)c(C)c1. The number of likely N-dealkylation sites (N-methyl/N-ethyl adjacent to an activating group) is 1. The summed E-state index contributed by atoms with van der Waals surface area (Å²) in [4.78, 5) is 17.7. The van der Waals surface area contributed by atoms with E-state index in [4.69, 9.17) is 4.74 Å². The second-order valence-corrected chi connectivity index (χ2v) is 13.0. The maximum Gasteiger partial charge on any atom is 0.243 e. The molecule has 1 aromatic carbocycles. The summed E-state index contributed by atoms with van der Waals surface area (Å²) in [6.07, 6.45) is 6.18. The molecule has 1 aliphatic heterocycles. The van der Waals surface area contributed by atoms with Gasteiger partial charge in [0.1, 0.15) is 5.75 Å². The van der Waals surface area contributed by atoms with Gasteiger partial charge in [-0.15, -0.1) is 0 Å². The van der Waals surface area contributed by atoms with E-state index in [1.54, 1.807) is 33.1 Å². The molecule has 1 atom stereocenters. The molecule has 2 aliphatic rings. The Hall–Kier alpha value is -1.68. The van der Waals surface area contributed by atoms with Crippen LogP contribution in [0.25, 0.3) is 0 Å². The molecule has 8 nitrogen and oxygen atoms in total. The molecule has 0 spiro atoms. The van der Waals surface area contributed by atoms with Gasteiger partial charge in [0.2, 0.25) is 15.9 Å². The minimum atomic E-state index is -3.69. The predicted octanol–water partition coefficient (Wildman–Crippen LogP) is 2.88. The van der Waals surface area contributed by atoms with Crippen LogP contribution in [-0.2, 0) is 14.8 Å². The second kappa shape index (κ2) is 12.7. The summed E-state index contributed by atoms with van der Waals surface area (Å²) in [5.41, 5.74) is 1.28. The fourth-order valence-corrected chi connectivity index (χ4v) is 7.27. The van der Waals surface area contributed by atoms with E-state index in [0.717, 1.165) is 18.8 Å². The standard InChI is InChI=1S/C27H46N4O4S/c1-20-15-25(35-6)16-21(2)27(20)36(33,34)30(5)13-12-26(32)28-17-22-7-9-23(10-8-22)18-31-14-11-24(19-31)29(3)4/h15-16,22-24H,7-14,17-19H2,1-6H3,(H,28,32)/t22-,23+,24?. The Morgan fingerprint density at radius 3 is 2.22 bits per heavy atom. The number of nitrogens with zero attached hydrogens (tertiary/aromatic N) is 3. The summed E-state index contributed by atoms with van der Waals surface area (Å²) in [5.74, 6) is 1.83. The number of rotatable bonds is 11. The first-order chi connectivity index (χ1) is 17.0. The van der Waals surface area contributed by atoms with Gasteiger partial charge in [-0.2, -0.15) is 0 Å². The lowest BCUT2D eigenvalue weighted by atomic mass is 9.81. The van der Waals surface area contributed by atoms with Gasteiger partial charge in [-0.25, -0.2) is 12.7 Å². The number of carbonyl (C=O) groups is 1. The molecular weight excluding hydrogens is 476 g/mol. The average molecular weight is 523 g/mol. The van der Waals surface area contributed by atoms with Crippen LogP contribution in [0.2, 0.25) is 0 Å². The molecule has 1 amide bonds. The number of nitrogens with one attached hydrogen (secondary N) is 1. The van der Waals surface area contributed by atoms with Crippen molar-refractivity contribution in [3.63, 3.8) is 0 Å². The van der Waals surface area contributed by atoms with E-state index in [1.807, 2.05) is 0 Å². The third-order valence-electron chi connectivity index (χ3n) is 8.04. The first kappa shape index (κ1) is 28.9. The van der Waals surface area contributed by atoms with E-state index >= 15 is 0 Å². The number of sulfonamides is 1. The van der Waals surface area contributed by atoms with Gasteiger partial charge in [-0.3, -0.25) is 4.79 Å². The zero-order valence-corrected chi connectivity index (χ0v) is 23.9. The molecule has 1 N–H and O–H groups in total. The number of likely N-dealkylation sites (tertiary alicyclic amines) is 1. The van der Waals surface area contributed by atoms with E-state index in [0.29, 0.717) is 35.4 Å². The van der Waals surface area contributed by atoms with E-state index in [2.05, 4.69) is 29.2 Å². The Morgan fingerprint density at radius 1 is 1.06 bits per heavy atom. The smallest absolute Gasteiger partial charge is 0.243 e. The van der Waals surface area contributed by atoms with Crippen molar-refractivity contribution in [1.29, 1.82) is 0 Å². The summed E-state index contributed by atoms with van der Waals surface area (Å²) in [7, 11) is 3.76. The maximum atomic E-state index is 13.1. The van der Waals surface area contributed by atoms with Crippen LogP contribution >= 0.6 is 0 Å². The second-order valence-electron chi connectivity index (χ2n) is 11.0. The van der Waals surface area contributed by atoms with E-state index < -0.39 is 10.0 Å².